The number of nitrogens with one attached hydrogen (secondary N) is 2. The molecule has 1 aliphatic carbocycles. The van der Waals surface area contributed by atoms with Crippen LogP contribution in [0.3, 0.4) is 0 Å². The van der Waals surface area contributed by atoms with E-state index in [1.165, 1.54) is 37.8 Å². The van der Waals surface area contributed by atoms with Crippen LogP contribution in [-0.4, -0.2) is 56.4 Å². The van der Waals surface area contributed by atoms with Crippen LogP contribution in [0.15, 0.2) is 24.3 Å². The van der Waals surface area contributed by atoms with Gasteiger partial charge in [0.1, 0.15) is 0 Å². The summed E-state index contributed by atoms with van der Waals surface area (Å²) in [6, 6.07) is 10.1. The molecule has 3 aliphatic rings. The van der Waals surface area contributed by atoms with Crippen molar-refractivity contribution in [3.63, 3.8) is 0 Å². The van der Waals surface area contributed by atoms with Gasteiger partial charge in [0.15, 0.2) is 0 Å². The van der Waals surface area contributed by atoms with Crippen LogP contribution in [0.25, 0.3) is 0 Å². The zero-order chi connectivity index (χ0) is 16.2. The van der Waals surface area contributed by atoms with Gasteiger partial charge in [0.05, 0.1) is 13.2 Å². The van der Waals surface area contributed by atoms with Gasteiger partial charge in [-0.15, -0.1) is 0 Å². The maximum Gasteiger partial charge on any atom is 0.0623 e. The Morgan fingerprint density at radius 1 is 1.21 bits per heavy atom. The molecule has 0 radical (unpaired) electrons. The Hall–Kier alpha value is -0.940. The van der Waals surface area contributed by atoms with Gasteiger partial charge in [-0.25, -0.2) is 0 Å². The third kappa shape index (κ3) is 3.83. The number of hydrogen-bond acceptors (Lipinski definition) is 4. The summed E-state index contributed by atoms with van der Waals surface area (Å²) in [7, 11) is 0. The molecule has 1 saturated heterocycles. The van der Waals surface area contributed by atoms with Crippen LogP contribution in [0.4, 0.5) is 0 Å². The van der Waals surface area contributed by atoms with Gasteiger partial charge in [-0.1, -0.05) is 30.7 Å². The number of hydrogen-bond donors (Lipinski definition) is 2. The molecule has 2 fully saturated rings. The number of ether oxygens (including phenoxy) is 1. The predicted octanol–water partition coefficient (Wildman–Crippen LogP) is 1.79. The summed E-state index contributed by atoms with van der Waals surface area (Å²) in [6.07, 6.45) is 5.23. The van der Waals surface area contributed by atoms with Gasteiger partial charge < -0.3 is 15.4 Å². The zero-order valence-corrected chi connectivity index (χ0v) is 14.7. The Kier molecular flexibility index (Phi) is 5.48. The van der Waals surface area contributed by atoms with Gasteiger partial charge in [-0.05, 0) is 36.3 Å². The monoisotopic (exact) mass is 329 g/mol. The molecule has 0 aromatic heterocycles. The summed E-state index contributed by atoms with van der Waals surface area (Å²) in [5.74, 6) is 0.743. The number of benzene rings is 1. The van der Waals surface area contributed by atoms with Gasteiger partial charge >= 0.3 is 0 Å². The zero-order valence-electron chi connectivity index (χ0n) is 14.7. The fourth-order valence-electron chi connectivity index (χ4n) is 4.74. The van der Waals surface area contributed by atoms with Crippen molar-refractivity contribution in [1.82, 2.24) is 15.5 Å². The lowest BCUT2D eigenvalue weighted by Crippen LogP contribution is -2.51. The fourth-order valence-corrected chi connectivity index (χ4v) is 4.74. The maximum atomic E-state index is 5.68. The van der Waals surface area contributed by atoms with Crippen molar-refractivity contribution < 1.29 is 4.74 Å². The number of fused-ring (bicyclic) bond motifs is 1. The first kappa shape index (κ1) is 16.5. The van der Waals surface area contributed by atoms with Crippen LogP contribution in [0.2, 0.25) is 0 Å². The minimum atomic E-state index is 0.556. The van der Waals surface area contributed by atoms with E-state index in [-0.39, 0.29) is 0 Å². The topological polar surface area (TPSA) is 36.5 Å². The number of nitrogens with zero attached hydrogens (tertiary/aromatic N) is 1. The molecule has 3 atom stereocenters. The molecule has 24 heavy (non-hydrogen) atoms. The fraction of sp³-hybridized carbons (Fsp3) is 0.700. The van der Waals surface area contributed by atoms with E-state index in [4.69, 9.17) is 4.74 Å². The van der Waals surface area contributed by atoms with E-state index in [0.29, 0.717) is 12.1 Å². The molecule has 1 aromatic rings. The molecule has 2 heterocycles. The highest BCUT2D eigenvalue weighted by molar-refractivity contribution is 5.29. The van der Waals surface area contributed by atoms with Crippen molar-refractivity contribution in [2.24, 2.45) is 5.92 Å². The highest BCUT2D eigenvalue weighted by Gasteiger charge is 2.34. The molecule has 2 aliphatic heterocycles. The molecular formula is C20H31N3O. The lowest BCUT2D eigenvalue weighted by atomic mass is 9.94. The molecule has 2 N–H and O–H groups in total. The highest BCUT2D eigenvalue weighted by Crippen LogP contribution is 2.29. The van der Waals surface area contributed by atoms with E-state index in [9.17, 15) is 0 Å². The van der Waals surface area contributed by atoms with E-state index >= 15 is 0 Å². The van der Waals surface area contributed by atoms with Crippen LogP contribution >= 0.6 is 0 Å². The third-order valence-corrected chi connectivity index (χ3v) is 6.08. The smallest absolute Gasteiger partial charge is 0.0623 e. The summed E-state index contributed by atoms with van der Waals surface area (Å²) in [5.41, 5.74) is 3.06. The molecule has 4 heteroatoms. The first-order valence-corrected chi connectivity index (χ1v) is 9.74. The summed E-state index contributed by atoms with van der Waals surface area (Å²) in [4.78, 5) is 2.60. The minimum Gasteiger partial charge on any atom is -0.379 e. The molecule has 4 rings (SSSR count). The Labute approximate surface area is 145 Å². The Bertz CT molecular complexity index is 529. The van der Waals surface area contributed by atoms with Gasteiger partial charge in [-0.2, -0.15) is 0 Å². The Morgan fingerprint density at radius 2 is 2.12 bits per heavy atom. The van der Waals surface area contributed by atoms with Crippen LogP contribution in [0.5, 0.6) is 0 Å². The summed E-state index contributed by atoms with van der Waals surface area (Å²) in [6.45, 7) is 7.36. The lowest BCUT2D eigenvalue weighted by molar-refractivity contribution is 0.0523. The van der Waals surface area contributed by atoms with Crippen molar-refractivity contribution >= 4 is 0 Å². The first-order valence-electron chi connectivity index (χ1n) is 9.74. The van der Waals surface area contributed by atoms with Gasteiger partial charge in [0.25, 0.3) is 0 Å². The summed E-state index contributed by atoms with van der Waals surface area (Å²) >= 11 is 0. The normalized spacial score (nSPS) is 31.1. The van der Waals surface area contributed by atoms with E-state index in [0.717, 1.165) is 45.3 Å². The lowest BCUT2D eigenvalue weighted by Gasteiger charge is -2.34. The SMILES string of the molecule is c1ccc2c(c1)CCN(CCNC1CCCC1C1COCCN1)C2. The largest absolute Gasteiger partial charge is 0.379 e. The maximum absolute atomic E-state index is 5.68. The minimum absolute atomic E-state index is 0.556. The average Bonchev–Trinajstić information content (AvgIpc) is 3.11. The highest BCUT2D eigenvalue weighted by atomic mass is 16.5. The second-order valence-corrected chi connectivity index (χ2v) is 7.59. The predicted molar refractivity (Wildman–Crippen MR) is 97.2 cm³/mol. The van der Waals surface area contributed by atoms with Crippen molar-refractivity contribution in [2.75, 3.05) is 39.4 Å². The average molecular weight is 329 g/mol. The molecule has 132 valence electrons. The van der Waals surface area contributed by atoms with E-state index in [1.54, 1.807) is 5.56 Å². The van der Waals surface area contributed by atoms with Gasteiger partial charge in [0.2, 0.25) is 0 Å². The molecule has 3 unspecified atom stereocenters. The van der Waals surface area contributed by atoms with E-state index in [1.807, 2.05) is 0 Å². The van der Waals surface area contributed by atoms with Crippen LogP contribution in [-0.2, 0) is 17.7 Å². The van der Waals surface area contributed by atoms with Gasteiger partial charge in [0, 0.05) is 44.8 Å². The second kappa shape index (κ2) is 7.96. The quantitative estimate of drug-likeness (QED) is 0.864. The molecule has 0 bridgehead atoms. The molecule has 4 nitrogen and oxygen atoms in total. The number of rotatable bonds is 5. The molecule has 0 amide bonds. The van der Waals surface area contributed by atoms with Crippen molar-refractivity contribution in [1.29, 1.82) is 0 Å². The van der Waals surface area contributed by atoms with Crippen molar-refractivity contribution in [3.8, 4) is 0 Å². The Balaban J connectivity index is 1.24. The number of morpholine rings is 1. The standard InChI is InChI=1S/C20H31N3O/c1-2-5-17-14-23(11-8-16(17)4-1)12-9-21-19-7-3-6-18(19)20-15-24-13-10-22-20/h1-2,4-5,18-22H,3,6-15H2. The molecule has 0 spiro atoms. The van der Waals surface area contributed by atoms with Crippen LogP contribution in [0, 0.1) is 5.92 Å². The Morgan fingerprint density at radius 3 is 3.00 bits per heavy atom. The third-order valence-electron chi connectivity index (χ3n) is 6.08. The van der Waals surface area contributed by atoms with Gasteiger partial charge in [-0.3, -0.25) is 4.90 Å². The molecule has 1 saturated carbocycles. The van der Waals surface area contributed by atoms with Crippen molar-refractivity contribution in [3.05, 3.63) is 35.4 Å². The van der Waals surface area contributed by atoms with Crippen LogP contribution in [0.1, 0.15) is 30.4 Å². The van der Waals surface area contributed by atoms with E-state index in [2.05, 4.69) is 39.8 Å². The molecular weight excluding hydrogens is 298 g/mol. The van der Waals surface area contributed by atoms with E-state index < -0.39 is 0 Å². The van der Waals surface area contributed by atoms with Crippen LogP contribution < -0.4 is 10.6 Å². The van der Waals surface area contributed by atoms with Crippen molar-refractivity contribution in [2.45, 2.75) is 44.3 Å². The summed E-state index contributed by atoms with van der Waals surface area (Å²) in [5, 5.41) is 7.53. The first-order chi connectivity index (χ1) is 11.9. The second-order valence-electron chi connectivity index (χ2n) is 7.59. The summed E-state index contributed by atoms with van der Waals surface area (Å²) < 4.78 is 5.68. The molecule has 1 aromatic carbocycles.